The number of benzene rings is 2. The van der Waals surface area contributed by atoms with Crippen molar-refractivity contribution in [3.8, 4) is 11.5 Å². The second-order valence-corrected chi connectivity index (χ2v) is 5.73. The van der Waals surface area contributed by atoms with Gasteiger partial charge < -0.3 is 25.5 Å². The number of nitrogens with two attached hydrogens (primary N) is 1. The molecule has 130 valence electrons. The van der Waals surface area contributed by atoms with Crippen molar-refractivity contribution in [3.05, 3.63) is 54.2 Å². The fraction of sp³-hybridized carbons (Fsp3) is 0.211. The molecule has 1 amide bonds. The smallest absolute Gasteiger partial charge is 0.241 e. The summed E-state index contributed by atoms with van der Waals surface area (Å²) >= 11 is 0. The van der Waals surface area contributed by atoms with Crippen LogP contribution < -0.4 is 20.5 Å². The zero-order chi connectivity index (χ0) is 17.8. The monoisotopic (exact) mass is 339 g/mol. The Morgan fingerprint density at radius 2 is 1.92 bits per heavy atom. The Kier molecular flexibility index (Phi) is 4.90. The predicted octanol–water partition coefficient (Wildman–Crippen LogP) is 2.69. The third-order valence-electron chi connectivity index (χ3n) is 4.10. The van der Waals surface area contributed by atoms with Gasteiger partial charge in [0.25, 0.3) is 0 Å². The molecule has 2 aromatic carbocycles. The number of aromatic amines is 1. The number of methoxy groups -OCH3 is 2. The second-order valence-electron chi connectivity index (χ2n) is 5.73. The minimum Gasteiger partial charge on any atom is -0.493 e. The number of rotatable bonds is 6. The molecule has 3 rings (SSSR count). The molecule has 0 spiro atoms. The van der Waals surface area contributed by atoms with E-state index in [1.165, 1.54) is 0 Å². The Morgan fingerprint density at radius 1 is 1.16 bits per heavy atom. The van der Waals surface area contributed by atoms with Gasteiger partial charge in [-0.1, -0.05) is 18.2 Å². The van der Waals surface area contributed by atoms with Crippen LogP contribution >= 0.6 is 0 Å². The summed E-state index contributed by atoms with van der Waals surface area (Å²) in [5.41, 5.74) is 8.75. The molecule has 4 N–H and O–H groups in total. The Hall–Kier alpha value is -2.99. The van der Waals surface area contributed by atoms with E-state index in [0.717, 1.165) is 16.5 Å². The van der Waals surface area contributed by atoms with Crippen LogP contribution in [0.1, 0.15) is 5.56 Å². The van der Waals surface area contributed by atoms with Crippen molar-refractivity contribution in [2.45, 2.75) is 12.5 Å². The highest BCUT2D eigenvalue weighted by Gasteiger charge is 2.17. The van der Waals surface area contributed by atoms with Crippen LogP contribution in [0, 0.1) is 0 Å². The molecule has 0 saturated carbocycles. The van der Waals surface area contributed by atoms with Crippen LogP contribution in [0.2, 0.25) is 0 Å². The van der Waals surface area contributed by atoms with Gasteiger partial charge in [0, 0.05) is 28.9 Å². The first-order valence-corrected chi connectivity index (χ1v) is 7.96. The molecule has 0 radical (unpaired) electrons. The number of ether oxygens (including phenoxy) is 2. The van der Waals surface area contributed by atoms with Crippen LogP contribution in [-0.4, -0.2) is 31.2 Å². The molecule has 1 heterocycles. The lowest BCUT2D eigenvalue weighted by Gasteiger charge is -2.14. The van der Waals surface area contributed by atoms with E-state index >= 15 is 0 Å². The van der Waals surface area contributed by atoms with E-state index in [-0.39, 0.29) is 5.91 Å². The van der Waals surface area contributed by atoms with Crippen molar-refractivity contribution < 1.29 is 14.3 Å². The largest absolute Gasteiger partial charge is 0.493 e. The Bertz CT molecular complexity index is 889. The molecular weight excluding hydrogens is 318 g/mol. The van der Waals surface area contributed by atoms with Crippen molar-refractivity contribution in [1.29, 1.82) is 0 Å². The normalized spacial score (nSPS) is 12.0. The lowest BCUT2D eigenvalue weighted by molar-refractivity contribution is -0.117. The van der Waals surface area contributed by atoms with E-state index in [2.05, 4.69) is 10.3 Å². The van der Waals surface area contributed by atoms with E-state index in [1.54, 1.807) is 32.4 Å². The second kappa shape index (κ2) is 7.27. The number of aromatic nitrogens is 1. The molecule has 0 aliphatic rings. The number of carbonyl (C=O) groups excluding carboxylic acids is 1. The minimum absolute atomic E-state index is 0.252. The Labute approximate surface area is 145 Å². The SMILES string of the molecule is COc1ccc(NC(=O)[C@@H](N)Cc2c[nH]c3ccccc23)cc1OC. The first kappa shape index (κ1) is 16.9. The van der Waals surface area contributed by atoms with Crippen LogP contribution in [0.25, 0.3) is 10.9 Å². The molecule has 6 nitrogen and oxygen atoms in total. The van der Waals surface area contributed by atoms with Gasteiger partial charge in [0.05, 0.1) is 20.3 Å². The molecule has 0 unspecified atom stereocenters. The van der Waals surface area contributed by atoms with Gasteiger partial charge in [-0.3, -0.25) is 4.79 Å². The Morgan fingerprint density at radius 3 is 2.68 bits per heavy atom. The molecule has 1 aromatic heterocycles. The maximum Gasteiger partial charge on any atom is 0.241 e. The summed E-state index contributed by atoms with van der Waals surface area (Å²) < 4.78 is 10.4. The van der Waals surface area contributed by atoms with Crippen LogP contribution in [0.15, 0.2) is 48.7 Å². The van der Waals surface area contributed by atoms with Crippen molar-refractivity contribution >= 4 is 22.5 Å². The van der Waals surface area contributed by atoms with Gasteiger partial charge in [0.2, 0.25) is 5.91 Å². The van der Waals surface area contributed by atoms with Gasteiger partial charge in [-0.05, 0) is 30.2 Å². The molecule has 0 aliphatic heterocycles. The van der Waals surface area contributed by atoms with Gasteiger partial charge in [-0.15, -0.1) is 0 Å². The Balaban J connectivity index is 1.70. The zero-order valence-electron chi connectivity index (χ0n) is 14.2. The van der Waals surface area contributed by atoms with Crippen molar-refractivity contribution in [2.24, 2.45) is 5.73 Å². The summed E-state index contributed by atoms with van der Waals surface area (Å²) in [5.74, 6) is 0.895. The molecule has 0 fully saturated rings. The average Bonchev–Trinajstić information content (AvgIpc) is 3.04. The fourth-order valence-corrected chi connectivity index (χ4v) is 2.78. The number of carbonyl (C=O) groups is 1. The van der Waals surface area contributed by atoms with Gasteiger partial charge >= 0.3 is 0 Å². The first-order valence-electron chi connectivity index (χ1n) is 7.96. The minimum atomic E-state index is -0.660. The molecule has 0 saturated heterocycles. The predicted molar refractivity (Wildman–Crippen MR) is 98.2 cm³/mol. The van der Waals surface area contributed by atoms with Gasteiger partial charge in [0.15, 0.2) is 11.5 Å². The van der Waals surface area contributed by atoms with Crippen molar-refractivity contribution in [3.63, 3.8) is 0 Å². The molecule has 3 aromatic rings. The van der Waals surface area contributed by atoms with Crippen LogP contribution in [0.4, 0.5) is 5.69 Å². The molecule has 6 heteroatoms. The molecule has 0 aliphatic carbocycles. The number of H-pyrrole nitrogens is 1. The lowest BCUT2D eigenvalue weighted by Crippen LogP contribution is -2.37. The van der Waals surface area contributed by atoms with E-state index in [4.69, 9.17) is 15.2 Å². The van der Waals surface area contributed by atoms with Crippen LogP contribution in [0.5, 0.6) is 11.5 Å². The highest BCUT2D eigenvalue weighted by molar-refractivity contribution is 5.95. The summed E-state index contributed by atoms with van der Waals surface area (Å²) in [6.45, 7) is 0. The van der Waals surface area contributed by atoms with Gasteiger partial charge in [0.1, 0.15) is 0 Å². The number of hydrogen-bond acceptors (Lipinski definition) is 4. The number of para-hydroxylation sites is 1. The maximum atomic E-state index is 12.4. The number of amides is 1. The summed E-state index contributed by atoms with van der Waals surface area (Å²) in [4.78, 5) is 15.6. The standard InChI is InChI=1S/C19H21N3O3/c1-24-17-8-7-13(10-18(17)25-2)22-19(23)15(20)9-12-11-21-16-6-4-3-5-14(12)16/h3-8,10-11,15,21H,9,20H2,1-2H3,(H,22,23)/t15-/m0/s1. The number of hydrogen-bond donors (Lipinski definition) is 3. The zero-order valence-corrected chi connectivity index (χ0v) is 14.2. The average molecular weight is 339 g/mol. The van der Waals surface area contributed by atoms with E-state index in [9.17, 15) is 4.79 Å². The first-order chi connectivity index (χ1) is 12.1. The quantitative estimate of drug-likeness (QED) is 0.644. The van der Waals surface area contributed by atoms with E-state index in [0.29, 0.717) is 23.6 Å². The summed E-state index contributed by atoms with van der Waals surface area (Å²) in [5, 5.41) is 3.90. The lowest BCUT2D eigenvalue weighted by atomic mass is 10.0. The molecule has 0 bridgehead atoms. The summed E-state index contributed by atoms with van der Waals surface area (Å²) in [7, 11) is 3.11. The topological polar surface area (TPSA) is 89.4 Å². The third kappa shape index (κ3) is 3.59. The molecule has 25 heavy (non-hydrogen) atoms. The highest BCUT2D eigenvalue weighted by atomic mass is 16.5. The highest BCUT2D eigenvalue weighted by Crippen LogP contribution is 2.29. The third-order valence-corrected chi connectivity index (χ3v) is 4.10. The number of anilines is 1. The number of nitrogens with one attached hydrogen (secondary N) is 2. The number of fused-ring (bicyclic) bond motifs is 1. The summed E-state index contributed by atoms with van der Waals surface area (Å²) in [6, 6.07) is 12.5. The van der Waals surface area contributed by atoms with Crippen molar-refractivity contribution in [2.75, 3.05) is 19.5 Å². The van der Waals surface area contributed by atoms with E-state index in [1.807, 2.05) is 30.5 Å². The van der Waals surface area contributed by atoms with E-state index < -0.39 is 6.04 Å². The molecular formula is C19H21N3O3. The fourth-order valence-electron chi connectivity index (χ4n) is 2.78. The van der Waals surface area contributed by atoms with Gasteiger partial charge in [-0.25, -0.2) is 0 Å². The van der Waals surface area contributed by atoms with Crippen molar-refractivity contribution in [1.82, 2.24) is 4.98 Å². The maximum absolute atomic E-state index is 12.4. The summed E-state index contributed by atoms with van der Waals surface area (Å²) in [6.07, 6.45) is 2.34. The van der Waals surface area contributed by atoms with Gasteiger partial charge in [-0.2, -0.15) is 0 Å². The van der Waals surface area contributed by atoms with Crippen LogP contribution in [-0.2, 0) is 11.2 Å². The van der Waals surface area contributed by atoms with Crippen LogP contribution in [0.3, 0.4) is 0 Å². The molecule has 1 atom stereocenters.